The van der Waals surface area contributed by atoms with Crippen LogP contribution in [0.2, 0.25) is 0 Å². The lowest BCUT2D eigenvalue weighted by atomic mass is 10.1. The third-order valence-corrected chi connectivity index (χ3v) is 3.89. The number of hydrogen-bond acceptors (Lipinski definition) is 6. The van der Waals surface area contributed by atoms with Crippen molar-refractivity contribution in [2.24, 2.45) is 0 Å². The normalized spacial score (nSPS) is 12.2. The predicted octanol–water partition coefficient (Wildman–Crippen LogP) is 3.63. The fraction of sp³-hybridized carbons (Fsp3) is 0.467. The maximum Gasteiger partial charge on any atom is 0.311 e. The molecule has 6 heteroatoms. The van der Waals surface area contributed by atoms with Crippen molar-refractivity contribution >= 4 is 22.4 Å². The topological polar surface area (TPSA) is 64.4 Å². The largest absolute Gasteiger partial charge is 0.466 e. The standard InChI is InChI=1S/C15H20N2O3S/c1-5-19-14(18)7-12-8-21-15(17-12)16-10(3)13-6-9(2)20-11(13)4/h6,8,10H,5,7H2,1-4H3,(H,16,17). The van der Waals surface area contributed by atoms with Gasteiger partial charge in [0.1, 0.15) is 11.5 Å². The van der Waals surface area contributed by atoms with Crippen molar-refractivity contribution in [3.8, 4) is 0 Å². The van der Waals surface area contributed by atoms with E-state index in [-0.39, 0.29) is 18.4 Å². The lowest BCUT2D eigenvalue weighted by Crippen LogP contribution is -2.09. The molecule has 114 valence electrons. The third kappa shape index (κ3) is 4.07. The van der Waals surface area contributed by atoms with E-state index in [0.717, 1.165) is 27.9 Å². The molecule has 1 N–H and O–H groups in total. The van der Waals surface area contributed by atoms with E-state index in [1.807, 2.05) is 25.3 Å². The lowest BCUT2D eigenvalue weighted by Gasteiger charge is -2.11. The van der Waals surface area contributed by atoms with Crippen LogP contribution in [0.1, 0.15) is 42.7 Å². The molecule has 0 aromatic carbocycles. The molecular formula is C15H20N2O3S. The molecule has 0 bridgehead atoms. The maximum atomic E-state index is 11.4. The van der Waals surface area contributed by atoms with E-state index in [9.17, 15) is 4.79 Å². The number of aromatic nitrogens is 1. The molecule has 0 spiro atoms. The van der Waals surface area contributed by atoms with E-state index >= 15 is 0 Å². The molecular weight excluding hydrogens is 288 g/mol. The summed E-state index contributed by atoms with van der Waals surface area (Å²) < 4.78 is 10.5. The molecule has 1 unspecified atom stereocenters. The first kappa shape index (κ1) is 15.6. The van der Waals surface area contributed by atoms with Crippen molar-refractivity contribution in [3.63, 3.8) is 0 Å². The highest BCUT2D eigenvalue weighted by Crippen LogP contribution is 2.26. The number of nitrogens with one attached hydrogen (secondary N) is 1. The molecule has 2 rings (SSSR count). The summed E-state index contributed by atoms with van der Waals surface area (Å²) in [6.45, 7) is 8.13. The second kappa shape index (κ2) is 6.76. The van der Waals surface area contributed by atoms with Crippen molar-refractivity contribution in [1.82, 2.24) is 4.98 Å². The van der Waals surface area contributed by atoms with Crippen LogP contribution < -0.4 is 5.32 Å². The average molecular weight is 308 g/mol. The molecule has 2 aromatic rings. The molecule has 0 radical (unpaired) electrons. The highest BCUT2D eigenvalue weighted by atomic mass is 32.1. The van der Waals surface area contributed by atoms with E-state index < -0.39 is 0 Å². The first-order chi connectivity index (χ1) is 9.99. The van der Waals surface area contributed by atoms with Gasteiger partial charge in [-0.2, -0.15) is 0 Å². The van der Waals surface area contributed by atoms with Gasteiger partial charge in [0.05, 0.1) is 24.8 Å². The van der Waals surface area contributed by atoms with Gasteiger partial charge in [0.25, 0.3) is 0 Å². The number of anilines is 1. The quantitative estimate of drug-likeness (QED) is 0.826. The summed E-state index contributed by atoms with van der Waals surface area (Å²) >= 11 is 1.48. The first-order valence-corrected chi connectivity index (χ1v) is 7.81. The minimum Gasteiger partial charge on any atom is -0.466 e. The van der Waals surface area contributed by atoms with Crippen molar-refractivity contribution in [2.45, 2.75) is 40.2 Å². The van der Waals surface area contributed by atoms with E-state index in [4.69, 9.17) is 9.15 Å². The second-order valence-corrected chi connectivity index (χ2v) is 5.72. The minimum atomic E-state index is -0.247. The molecule has 21 heavy (non-hydrogen) atoms. The van der Waals surface area contributed by atoms with Crippen molar-refractivity contribution in [2.75, 3.05) is 11.9 Å². The summed E-state index contributed by atoms with van der Waals surface area (Å²) in [6, 6.07) is 2.13. The first-order valence-electron chi connectivity index (χ1n) is 6.93. The van der Waals surface area contributed by atoms with E-state index in [2.05, 4.69) is 17.2 Å². The molecule has 0 aliphatic rings. The van der Waals surface area contributed by atoms with Crippen LogP contribution in [-0.4, -0.2) is 17.6 Å². The molecule has 0 saturated carbocycles. The van der Waals surface area contributed by atoms with Gasteiger partial charge >= 0.3 is 5.97 Å². The van der Waals surface area contributed by atoms with E-state index in [1.54, 1.807) is 6.92 Å². The Morgan fingerprint density at radius 2 is 2.29 bits per heavy atom. The fourth-order valence-corrected chi connectivity index (χ4v) is 2.96. The van der Waals surface area contributed by atoms with Crippen LogP contribution in [0.25, 0.3) is 0 Å². The Morgan fingerprint density at radius 1 is 1.52 bits per heavy atom. The van der Waals surface area contributed by atoms with Gasteiger partial charge in [0.15, 0.2) is 5.13 Å². The molecule has 0 aliphatic heterocycles. The Hall–Kier alpha value is -1.82. The summed E-state index contributed by atoms with van der Waals surface area (Å²) in [4.78, 5) is 15.8. The zero-order valence-electron chi connectivity index (χ0n) is 12.7. The summed E-state index contributed by atoms with van der Waals surface area (Å²) in [5.74, 6) is 1.57. The van der Waals surface area contributed by atoms with Gasteiger partial charge in [-0.1, -0.05) is 0 Å². The third-order valence-electron chi connectivity index (χ3n) is 3.07. The monoisotopic (exact) mass is 308 g/mol. The van der Waals surface area contributed by atoms with Crippen LogP contribution in [0.5, 0.6) is 0 Å². The second-order valence-electron chi connectivity index (χ2n) is 4.86. The minimum absolute atomic E-state index is 0.101. The number of aryl methyl sites for hydroxylation is 2. The zero-order valence-corrected chi connectivity index (χ0v) is 13.5. The molecule has 5 nitrogen and oxygen atoms in total. The molecule has 2 aromatic heterocycles. The zero-order chi connectivity index (χ0) is 15.4. The van der Waals surface area contributed by atoms with Crippen molar-refractivity contribution < 1.29 is 13.9 Å². The number of carbonyl (C=O) groups is 1. The summed E-state index contributed by atoms with van der Waals surface area (Å²) in [7, 11) is 0. The lowest BCUT2D eigenvalue weighted by molar-refractivity contribution is -0.142. The molecule has 0 fully saturated rings. The number of furan rings is 1. The number of esters is 1. The van der Waals surface area contributed by atoms with Crippen LogP contribution >= 0.6 is 11.3 Å². The van der Waals surface area contributed by atoms with Gasteiger partial charge < -0.3 is 14.5 Å². The Balaban J connectivity index is 1.99. The summed E-state index contributed by atoms with van der Waals surface area (Å²) in [5, 5.41) is 6.00. The smallest absolute Gasteiger partial charge is 0.311 e. The van der Waals surface area contributed by atoms with Crippen LogP contribution in [0.3, 0.4) is 0 Å². The number of thiazole rings is 1. The SMILES string of the molecule is CCOC(=O)Cc1csc(NC(C)c2cc(C)oc2C)n1. The number of rotatable bonds is 6. The van der Waals surface area contributed by atoms with E-state index in [0.29, 0.717) is 6.61 Å². The van der Waals surface area contributed by atoms with Crippen LogP contribution in [0.15, 0.2) is 15.9 Å². The van der Waals surface area contributed by atoms with Gasteiger partial charge in [0, 0.05) is 10.9 Å². The van der Waals surface area contributed by atoms with Crippen molar-refractivity contribution in [1.29, 1.82) is 0 Å². The van der Waals surface area contributed by atoms with Gasteiger partial charge in [-0.25, -0.2) is 4.98 Å². The molecule has 1 atom stereocenters. The average Bonchev–Trinajstić information content (AvgIpc) is 2.96. The van der Waals surface area contributed by atoms with Crippen LogP contribution in [0, 0.1) is 13.8 Å². The van der Waals surface area contributed by atoms with Gasteiger partial charge in [0.2, 0.25) is 0 Å². The fourth-order valence-electron chi connectivity index (χ4n) is 2.16. The highest BCUT2D eigenvalue weighted by Gasteiger charge is 2.15. The highest BCUT2D eigenvalue weighted by molar-refractivity contribution is 7.13. The Kier molecular flexibility index (Phi) is 5.01. The summed E-state index contributed by atoms with van der Waals surface area (Å²) in [5.41, 5.74) is 1.85. The van der Waals surface area contributed by atoms with Gasteiger partial charge in [-0.3, -0.25) is 4.79 Å². The van der Waals surface area contributed by atoms with Crippen molar-refractivity contribution in [3.05, 3.63) is 34.2 Å². The van der Waals surface area contributed by atoms with Gasteiger partial charge in [-0.15, -0.1) is 11.3 Å². The predicted molar refractivity (Wildman–Crippen MR) is 82.7 cm³/mol. The number of carbonyl (C=O) groups excluding carboxylic acids is 1. The molecule has 2 heterocycles. The van der Waals surface area contributed by atoms with E-state index in [1.165, 1.54) is 11.3 Å². The van der Waals surface area contributed by atoms with Crippen LogP contribution in [-0.2, 0) is 16.0 Å². The molecule has 0 aliphatic carbocycles. The van der Waals surface area contributed by atoms with Gasteiger partial charge in [-0.05, 0) is 33.8 Å². The Morgan fingerprint density at radius 3 is 2.90 bits per heavy atom. The number of ether oxygens (including phenoxy) is 1. The Labute approximate surface area is 128 Å². The molecule has 0 saturated heterocycles. The number of hydrogen-bond donors (Lipinski definition) is 1. The molecule has 0 amide bonds. The van der Waals surface area contributed by atoms with Crippen LogP contribution in [0.4, 0.5) is 5.13 Å². The maximum absolute atomic E-state index is 11.4. The Bertz CT molecular complexity index is 618. The number of nitrogens with zero attached hydrogens (tertiary/aromatic N) is 1. The summed E-state index contributed by atoms with van der Waals surface area (Å²) in [6.07, 6.45) is 0.213.